The van der Waals surface area contributed by atoms with Crippen molar-refractivity contribution >= 4 is 11.1 Å². The minimum Gasteiger partial charge on any atom is -0.373 e. The maximum Gasteiger partial charge on any atom is 0.141 e. The Hall–Kier alpha value is -3.28. The molecule has 0 unspecified atom stereocenters. The SMILES string of the molecule is CCC[C@H]1CCC[C@H]([C@H]2CC[C@H](C(=CCOCC=C(c3ccc(C#N)c(F)c3)[C@H]3CC[C@H]([C@H]4CCC[C@H](CCC)C4)CC3)c3ccc(C#N)c(F)c3)CC2)C1. The van der Waals surface area contributed by atoms with Crippen LogP contribution in [0.4, 0.5) is 8.78 Å². The lowest BCUT2D eigenvalue weighted by Crippen LogP contribution is -2.27. The van der Waals surface area contributed by atoms with Gasteiger partial charge in [0.15, 0.2) is 0 Å². The third kappa shape index (κ3) is 11.0. The Morgan fingerprint density at radius 1 is 0.600 bits per heavy atom. The van der Waals surface area contributed by atoms with Gasteiger partial charge in [-0.15, -0.1) is 0 Å². The molecule has 3 nitrogen and oxygen atoms in total. The number of hydrogen-bond donors (Lipinski definition) is 0. The number of hydrogen-bond acceptors (Lipinski definition) is 3. The first-order chi connectivity index (χ1) is 26.9. The summed E-state index contributed by atoms with van der Waals surface area (Å²) in [5, 5.41) is 18.8. The summed E-state index contributed by atoms with van der Waals surface area (Å²) in [7, 11) is 0. The fraction of sp³-hybridized carbons (Fsp3) is 0.640. The quantitative estimate of drug-likeness (QED) is 0.181. The summed E-state index contributed by atoms with van der Waals surface area (Å²) in [6, 6.07) is 14.1. The van der Waals surface area contributed by atoms with Crippen molar-refractivity contribution in [1.82, 2.24) is 0 Å². The van der Waals surface area contributed by atoms with E-state index in [0.717, 1.165) is 83.5 Å². The Kier molecular flexibility index (Phi) is 15.6. The fourth-order valence-corrected chi connectivity index (χ4v) is 11.6. The second-order valence-corrected chi connectivity index (χ2v) is 17.9. The molecule has 55 heavy (non-hydrogen) atoms. The molecular formula is C50H66F2N2O. The molecular weight excluding hydrogens is 683 g/mol. The summed E-state index contributed by atoms with van der Waals surface area (Å²) < 4.78 is 36.3. The van der Waals surface area contributed by atoms with Crippen LogP contribution in [0.2, 0.25) is 0 Å². The maximum absolute atomic E-state index is 15.0. The van der Waals surface area contributed by atoms with Crippen molar-refractivity contribution in [2.45, 2.75) is 142 Å². The predicted octanol–water partition coefficient (Wildman–Crippen LogP) is 14.0. The molecule has 0 bridgehead atoms. The van der Waals surface area contributed by atoms with Crippen molar-refractivity contribution in [1.29, 1.82) is 10.5 Å². The highest BCUT2D eigenvalue weighted by Crippen LogP contribution is 2.47. The van der Waals surface area contributed by atoms with Crippen LogP contribution < -0.4 is 0 Å². The predicted molar refractivity (Wildman–Crippen MR) is 221 cm³/mol. The van der Waals surface area contributed by atoms with Crippen LogP contribution in [0.15, 0.2) is 48.6 Å². The zero-order valence-corrected chi connectivity index (χ0v) is 33.9. The van der Waals surface area contributed by atoms with Gasteiger partial charge in [0, 0.05) is 0 Å². The second-order valence-electron chi connectivity index (χ2n) is 17.9. The van der Waals surface area contributed by atoms with E-state index in [9.17, 15) is 19.3 Å². The molecule has 2 aromatic rings. The molecule has 0 radical (unpaired) electrons. The first-order valence-corrected chi connectivity index (χ1v) is 22.3. The molecule has 4 atom stereocenters. The van der Waals surface area contributed by atoms with Crippen LogP contribution in [-0.2, 0) is 4.74 Å². The van der Waals surface area contributed by atoms with E-state index in [0.29, 0.717) is 25.0 Å². The van der Waals surface area contributed by atoms with Gasteiger partial charge in [0.05, 0.1) is 24.3 Å². The molecule has 5 heteroatoms. The van der Waals surface area contributed by atoms with E-state index in [-0.39, 0.29) is 11.1 Å². The van der Waals surface area contributed by atoms with Gasteiger partial charge >= 0.3 is 0 Å². The highest BCUT2D eigenvalue weighted by molar-refractivity contribution is 5.69. The molecule has 2 aromatic carbocycles. The normalized spacial score (nSPS) is 29.3. The lowest BCUT2D eigenvalue weighted by molar-refractivity contribution is 0.145. The summed E-state index contributed by atoms with van der Waals surface area (Å²) in [5.41, 5.74) is 4.12. The van der Waals surface area contributed by atoms with Gasteiger partial charge in [-0.2, -0.15) is 10.5 Å². The first kappa shape index (κ1) is 41.4. The van der Waals surface area contributed by atoms with Crippen LogP contribution in [0.25, 0.3) is 11.1 Å². The van der Waals surface area contributed by atoms with Crippen LogP contribution in [-0.4, -0.2) is 13.2 Å². The Morgan fingerprint density at radius 3 is 1.38 bits per heavy atom. The summed E-state index contributed by atoms with van der Waals surface area (Å²) >= 11 is 0. The second kappa shape index (κ2) is 20.8. The summed E-state index contributed by atoms with van der Waals surface area (Å²) in [5.74, 6) is 4.82. The average Bonchev–Trinajstić information content (AvgIpc) is 3.21. The lowest BCUT2D eigenvalue weighted by atomic mass is 9.67. The highest BCUT2D eigenvalue weighted by Gasteiger charge is 2.34. The minimum absolute atomic E-state index is 0.0763. The Morgan fingerprint density at radius 2 is 1.02 bits per heavy atom. The number of nitrogens with zero attached hydrogens (tertiary/aromatic N) is 2. The molecule has 4 aliphatic carbocycles. The van der Waals surface area contributed by atoms with Crippen LogP contribution in [0.5, 0.6) is 0 Å². The molecule has 0 saturated heterocycles. The molecule has 0 spiro atoms. The Bertz CT molecular complexity index is 1550. The fourth-order valence-electron chi connectivity index (χ4n) is 11.6. The smallest absolute Gasteiger partial charge is 0.141 e. The van der Waals surface area contributed by atoms with Gasteiger partial charge < -0.3 is 4.74 Å². The van der Waals surface area contributed by atoms with E-state index in [4.69, 9.17) is 4.74 Å². The lowest BCUT2D eigenvalue weighted by Gasteiger charge is -2.39. The summed E-state index contributed by atoms with van der Waals surface area (Å²) in [6.07, 6.45) is 30.0. The van der Waals surface area contributed by atoms with E-state index in [2.05, 4.69) is 26.0 Å². The maximum atomic E-state index is 15.0. The average molecular weight is 749 g/mol. The number of nitriles is 2. The highest BCUT2D eigenvalue weighted by atomic mass is 19.1. The zero-order chi connectivity index (χ0) is 38.6. The molecule has 4 fully saturated rings. The van der Waals surface area contributed by atoms with Gasteiger partial charge in [-0.05, 0) is 158 Å². The number of benzene rings is 2. The summed E-state index contributed by atoms with van der Waals surface area (Å²) in [4.78, 5) is 0. The van der Waals surface area contributed by atoms with Gasteiger partial charge in [-0.25, -0.2) is 8.78 Å². The van der Waals surface area contributed by atoms with E-state index in [1.165, 1.54) is 115 Å². The van der Waals surface area contributed by atoms with E-state index >= 15 is 0 Å². The van der Waals surface area contributed by atoms with Crippen molar-refractivity contribution in [3.8, 4) is 12.1 Å². The standard InChI is InChI=1S/C50H66F2N2O/c1-3-7-35-9-5-11-41(29-35)37-13-17-39(18-14-37)47(43-21-23-45(33-53)49(51)31-43)25-27-55-28-26-48(44-22-24-46(34-54)50(52)32-44)40-19-15-38(16-20-40)42-12-6-10-36(30-42)8-4-2/h21-26,31-32,35-42H,3-20,27-30H2,1-2H3/t35-,36-,37-,38-,39-,40-,41-,42-/m0/s1. The molecule has 0 N–H and O–H groups in total. The van der Waals surface area contributed by atoms with E-state index in [1.807, 2.05) is 24.3 Å². The Balaban J connectivity index is 1.13. The van der Waals surface area contributed by atoms with Crippen LogP contribution in [0.3, 0.4) is 0 Å². The minimum atomic E-state index is -0.467. The van der Waals surface area contributed by atoms with Gasteiger partial charge in [0.1, 0.15) is 23.8 Å². The van der Waals surface area contributed by atoms with Gasteiger partial charge in [0.25, 0.3) is 0 Å². The van der Waals surface area contributed by atoms with Gasteiger partial charge in [-0.3, -0.25) is 0 Å². The molecule has 0 heterocycles. The molecule has 296 valence electrons. The molecule has 6 rings (SSSR count). The van der Waals surface area contributed by atoms with Crippen LogP contribution >= 0.6 is 0 Å². The largest absolute Gasteiger partial charge is 0.373 e. The molecule has 0 aromatic heterocycles. The molecule has 4 aliphatic rings. The molecule has 0 aliphatic heterocycles. The van der Waals surface area contributed by atoms with Gasteiger partial charge in [-0.1, -0.05) is 102 Å². The van der Waals surface area contributed by atoms with Crippen molar-refractivity contribution in [2.75, 3.05) is 13.2 Å². The third-order valence-corrected chi connectivity index (χ3v) is 14.5. The number of ether oxygens (including phenoxy) is 1. The first-order valence-electron chi connectivity index (χ1n) is 22.3. The van der Waals surface area contributed by atoms with Crippen molar-refractivity contribution in [2.24, 2.45) is 47.3 Å². The topological polar surface area (TPSA) is 56.8 Å². The molecule has 0 amide bonds. The van der Waals surface area contributed by atoms with Crippen molar-refractivity contribution in [3.63, 3.8) is 0 Å². The van der Waals surface area contributed by atoms with Crippen molar-refractivity contribution in [3.05, 3.63) is 82.4 Å². The van der Waals surface area contributed by atoms with Gasteiger partial charge in [0.2, 0.25) is 0 Å². The Labute approximate surface area is 331 Å². The number of allylic oxidation sites excluding steroid dienone is 2. The summed E-state index contributed by atoms with van der Waals surface area (Å²) in [6.45, 7) is 5.43. The van der Waals surface area contributed by atoms with Crippen LogP contribution in [0.1, 0.15) is 165 Å². The number of halogens is 2. The number of rotatable bonds is 14. The van der Waals surface area contributed by atoms with Crippen molar-refractivity contribution < 1.29 is 13.5 Å². The monoisotopic (exact) mass is 749 g/mol. The van der Waals surface area contributed by atoms with E-state index < -0.39 is 11.6 Å². The third-order valence-electron chi connectivity index (χ3n) is 14.5. The zero-order valence-electron chi connectivity index (χ0n) is 33.9. The van der Waals surface area contributed by atoms with E-state index in [1.54, 1.807) is 12.1 Å². The van der Waals surface area contributed by atoms with Crippen LogP contribution in [0, 0.1) is 81.6 Å². The molecule has 4 saturated carbocycles.